The molecule has 2 aliphatic heterocycles. The van der Waals surface area contributed by atoms with E-state index in [0.29, 0.717) is 12.0 Å². The Morgan fingerprint density at radius 3 is 2.74 bits per heavy atom. The standard InChI is InChI=1S/C24H40N4O2.HI/c1-4-25-24(27-18-22-8-5-13-28(22)14-16-29-3)26-17-21-7-6-15-30-23(21)20-11-9-19(2)10-12-20;/h9-12,21-23H,4-8,13-18H2,1-3H3,(H2,25,26,27);1H. The summed E-state index contributed by atoms with van der Waals surface area (Å²) in [5.41, 5.74) is 2.56. The zero-order chi connectivity index (χ0) is 21.2. The molecule has 176 valence electrons. The lowest BCUT2D eigenvalue weighted by molar-refractivity contribution is -0.0250. The molecule has 0 aromatic heterocycles. The van der Waals surface area contributed by atoms with Crippen molar-refractivity contribution >= 4 is 29.9 Å². The second-order valence-corrected chi connectivity index (χ2v) is 8.53. The third kappa shape index (κ3) is 8.18. The fourth-order valence-corrected chi connectivity index (χ4v) is 4.55. The summed E-state index contributed by atoms with van der Waals surface area (Å²) >= 11 is 0. The topological polar surface area (TPSA) is 58.1 Å². The van der Waals surface area contributed by atoms with Crippen molar-refractivity contribution in [3.63, 3.8) is 0 Å². The third-order valence-electron chi connectivity index (χ3n) is 6.27. The number of benzene rings is 1. The lowest BCUT2D eigenvalue weighted by atomic mass is 9.89. The van der Waals surface area contributed by atoms with Crippen molar-refractivity contribution in [2.75, 3.05) is 53.0 Å². The quantitative estimate of drug-likeness (QED) is 0.282. The minimum atomic E-state index is 0. The van der Waals surface area contributed by atoms with E-state index >= 15 is 0 Å². The molecular formula is C24H41IN4O2. The average Bonchev–Trinajstić information content (AvgIpc) is 3.22. The van der Waals surface area contributed by atoms with Crippen LogP contribution in [0.15, 0.2) is 29.3 Å². The van der Waals surface area contributed by atoms with E-state index in [1.807, 2.05) is 0 Å². The summed E-state index contributed by atoms with van der Waals surface area (Å²) in [7, 11) is 1.78. The van der Waals surface area contributed by atoms with Crippen molar-refractivity contribution in [1.29, 1.82) is 0 Å². The van der Waals surface area contributed by atoms with E-state index < -0.39 is 0 Å². The molecule has 6 nitrogen and oxygen atoms in total. The molecule has 2 aliphatic rings. The number of guanidine groups is 1. The third-order valence-corrected chi connectivity index (χ3v) is 6.27. The van der Waals surface area contributed by atoms with E-state index in [0.717, 1.165) is 58.2 Å². The van der Waals surface area contributed by atoms with Gasteiger partial charge in [0.2, 0.25) is 0 Å². The van der Waals surface area contributed by atoms with Gasteiger partial charge < -0.3 is 20.1 Å². The summed E-state index contributed by atoms with van der Waals surface area (Å²) in [4.78, 5) is 7.48. The molecule has 31 heavy (non-hydrogen) atoms. The number of hydrogen-bond acceptors (Lipinski definition) is 4. The first-order valence-electron chi connectivity index (χ1n) is 11.6. The zero-order valence-corrected chi connectivity index (χ0v) is 21.8. The Hall–Kier alpha value is -0.900. The van der Waals surface area contributed by atoms with Gasteiger partial charge in [0, 0.05) is 51.9 Å². The Bertz CT molecular complexity index is 655. The Morgan fingerprint density at radius 1 is 1.19 bits per heavy atom. The Balaban J connectivity index is 0.00000341. The van der Waals surface area contributed by atoms with Crippen LogP contribution in [0.25, 0.3) is 0 Å². The van der Waals surface area contributed by atoms with Gasteiger partial charge in [0.15, 0.2) is 5.96 Å². The number of rotatable bonds is 9. The summed E-state index contributed by atoms with van der Waals surface area (Å²) in [6.07, 6.45) is 4.92. The lowest BCUT2D eigenvalue weighted by Gasteiger charge is -2.31. The van der Waals surface area contributed by atoms with Gasteiger partial charge in [-0.15, -0.1) is 24.0 Å². The number of nitrogens with one attached hydrogen (secondary N) is 2. The summed E-state index contributed by atoms with van der Waals surface area (Å²) in [5.74, 6) is 1.34. The van der Waals surface area contributed by atoms with Crippen LogP contribution in [0.3, 0.4) is 0 Å². The number of aliphatic imine (C=N–C) groups is 1. The zero-order valence-electron chi connectivity index (χ0n) is 19.4. The van der Waals surface area contributed by atoms with Gasteiger partial charge in [-0.3, -0.25) is 9.89 Å². The molecule has 0 bridgehead atoms. The van der Waals surface area contributed by atoms with Crippen LogP contribution in [0, 0.1) is 12.8 Å². The predicted octanol–water partition coefficient (Wildman–Crippen LogP) is 3.75. The first-order chi connectivity index (χ1) is 14.7. The van der Waals surface area contributed by atoms with Crippen LogP contribution < -0.4 is 10.6 Å². The highest BCUT2D eigenvalue weighted by Gasteiger charge is 2.28. The van der Waals surface area contributed by atoms with Crippen LogP contribution >= 0.6 is 24.0 Å². The molecule has 2 saturated heterocycles. The number of aryl methyl sites for hydroxylation is 1. The highest BCUT2D eigenvalue weighted by molar-refractivity contribution is 14.0. The summed E-state index contributed by atoms with van der Waals surface area (Å²) < 4.78 is 11.4. The number of halogens is 1. The minimum absolute atomic E-state index is 0. The van der Waals surface area contributed by atoms with E-state index in [4.69, 9.17) is 14.5 Å². The summed E-state index contributed by atoms with van der Waals surface area (Å²) in [5, 5.41) is 7.01. The number of methoxy groups -OCH3 is 1. The van der Waals surface area contributed by atoms with Crippen LogP contribution in [0.4, 0.5) is 0 Å². The highest BCUT2D eigenvalue weighted by Crippen LogP contribution is 2.34. The maximum Gasteiger partial charge on any atom is 0.191 e. The van der Waals surface area contributed by atoms with Crippen molar-refractivity contribution in [2.24, 2.45) is 10.9 Å². The molecule has 1 aromatic rings. The Kier molecular flexibility index (Phi) is 12.1. The molecule has 3 unspecified atom stereocenters. The fourth-order valence-electron chi connectivity index (χ4n) is 4.55. The number of ether oxygens (including phenoxy) is 2. The molecule has 2 heterocycles. The second kappa shape index (κ2) is 14.3. The number of hydrogen-bond donors (Lipinski definition) is 2. The van der Waals surface area contributed by atoms with E-state index in [1.165, 1.54) is 30.5 Å². The maximum absolute atomic E-state index is 6.17. The molecule has 2 fully saturated rings. The van der Waals surface area contributed by atoms with Crippen LogP contribution in [0.2, 0.25) is 0 Å². The van der Waals surface area contributed by atoms with Crippen molar-refractivity contribution in [3.8, 4) is 0 Å². The monoisotopic (exact) mass is 544 g/mol. The van der Waals surface area contributed by atoms with Crippen molar-refractivity contribution in [1.82, 2.24) is 15.5 Å². The van der Waals surface area contributed by atoms with Crippen LogP contribution in [0.1, 0.15) is 49.8 Å². The van der Waals surface area contributed by atoms with Crippen LogP contribution in [-0.4, -0.2) is 69.9 Å². The van der Waals surface area contributed by atoms with Crippen molar-refractivity contribution in [3.05, 3.63) is 35.4 Å². The van der Waals surface area contributed by atoms with Gasteiger partial charge in [-0.25, -0.2) is 0 Å². The first-order valence-corrected chi connectivity index (χ1v) is 11.6. The second-order valence-electron chi connectivity index (χ2n) is 8.53. The molecule has 0 amide bonds. The van der Waals surface area contributed by atoms with Gasteiger partial charge in [-0.2, -0.15) is 0 Å². The van der Waals surface area contributed by atoms with Crippen LogP contribution in [-0.2, 0) is 9.47 Å². The normalized spacial score (nSPS) is 24.6. The van der Waals surface area contributed by atoms with Gasteiger partial charge in [0.05, 0.1) is 12.7 Å². The minimum Gasteiger partial charge on any atom is -0.383 e. The van der Waals surface area contributed by atoms with Crippen LogP contribution in [0.5, 0.6) is 0 Å². The Morgan fingerprint density at radius 2 is 2.00 bits per heavy atom. The molecular weight excluding hydrogens is 503 g/mol. The first kappa shape index (κ1) is 26.4. The molecule has 0 spiro atoms. The van der Waals surface area contributed by atoms with Gasteiger partial charge in [0.1, 0.15) is 0 Å². The molecule has 0 aliphatic carbocycles. The fraction of sp³-hybridized carbons (Fsp3) is 0.708. The lowest BCUT2D eigenvalue weighted by Crippen LogP contribution is -2.45. The largest absolute Gasteiger partial charge is 0.383 e. The van der Waals surface area contributed by atoms with Gasteiger partial charge in [-0.1, -0.05) is 29.8 Å². The molecule has 7 heteroatoms. The number of nitrogens with zero attached hydrogens (tertiary/aromatic N) is 2. The highest BCUT2D eigenvalue weighted by atomic mass is 127. The molecule has 3 rings (SSSR count). The molecule has 1 aromatic carbocycles. The van der Waals surface area contributed by atoms with Crippen molar-refractivity contribution in [2.45, 2.75) is 51.7 Å². The average molecular weight is 545 g/mol. The summed E-state index contributed by atoms with van der Waals surface area (Å²) in [6, 6.07) is 9.33. The Labute approximate surface area is 205 Å². The van der Waals surface area contributed by atoms with Gasteiger partial charge in [-0.05, 0) is 51.6 Å². The molecule has 3 atom stereocenters. The van der Waals surface area contributed by atoms with Gasteiger partial charge in [0.25, 0.3) is 0 Å². The van der Waals surface area contributed by atoms with E-state index in [1.54, 1.807) is 7.11 Å². The maximum atomic E-state index is 6.17. The van der Waals surface area contributed by atoms with Gasteiger partial charge >= 0.3 is 0 Å². The van der Waals surface area contributed by atoms with E-state index in [2.05, 4.69) is 53.6 Å². The van der Waals surface area contributed by atoms with Crippen molar-refractivity contribution < 1.29 is 9.47 Å². The van der Waals surface area contributed by atoms with E-state index in [-0.39, 0.29) is 30.1 Å². The predicted molar refractivity (Wildman–Crippen MR) is 138 cm³/mol. The smallest absolute Gasteiger partial charge is 0.191 e. The molecule has 0 radical (unpaired) electrons. The molecule has 0 saturated carbocycles. The van der Waals surface area contributed by atoms with E-state index in [9.17, 15) is 0 Å². The summed E-state index contributed by atoms with van der Waals surface area (Å²) in [6.45, 7) is 10.6. The SMILES string of the molecule is CCNC(=NCC1CCCOC1c1ccc(C)cc1)NCC1CCCN1CCOC.I. The molecule has 2 N–H and O–H groups in total. The number of likely N-dealkylation sites (tertiary alicyclic amines) is 1.